The molecule has 0 fully saturated rings. The van der Waals surface area contributed by atoms with Gasteiger partial charge in [0.1, 0.15) is 17.9 Å². The molecule has 6 aromatic rings. The van der Waals surface area contributed by atoms with Crippen LogP contribution in [0.15, 0.2) is 127 Å². The second-order valence-electron chi connectivity index (χ2n) is 12.1. The normalized spacial score (nSPS) is 22.9. The first-order valence-electron chi connectivity index (χ1n) is 15.1. The topological polar surface area (TPSA) is 51.9 Å². The maximum atomic E-state index is 6.67. The largest absolute Gasteiger partial charge is 0.454 e. The molecule has 4 unspecified atom stereocenters. The molecular formula is C37H28N6O. The molecule has 0 aliphatic carbocycles. The molecule has 0 saturated heterocycles. The van der Waals surface area contributed by atoms with E-state index in [1.807, 2.05) is 6.07 Å². The highest BCUT2D eigenvalue weighted by atomic mass is 16.3. The average molecular weight is 573 g/mol. The molecule has 4 aliphatic rings. The maximum absolute atomic E-state index is 6.67. The monoisotopic (exact) mass is 572 g/mol. The SMILES string of the molecule is C=C1c2ccccc2N2c3nccnc3N(c3ccccc3)C2C2C1c1ccc3c(oc4ccccc43)c1N1C=CN(C)C21. The molecule has 0 bridgehead atoms. The summed E-state index contributed by atoms with van der Waals surface area (Å²) in [7, 11) is 2.18. The third-order valence-electron chi connectivity index (χ3n) is 9.95. The summed E-state index contributed by atoms with van der Waals surface area (Å²) >= 11 is 0. The van der Waals surface area contributed by atoms with Gasteiger partial charge in [-0.3, -0.25) is 0 Å². The first kappa shape index (κ1) is 23.9. The van der Waals surface area contributed by atoms with Gasteiger partial charge in [0.15, 0.2) is 17.2 Å². The van der Waals surface area contributed by atoms with Crippen molar-refractivity contribution in [3.63, 3.8) is 0 Å². The number of anilines is 5. The number of hydrogen-bond acceptors (Lipinski definition) is 7. The van der Waals surface area contributed by atoms with Crippen LogP contribution in [0.1, 0.15) is 17.0 Å². The molecule has 4 atom stereocenters. The van der Waals surface area contributed by atoms with Crippen molar-refractivity contribution >= 4 is 56.2 Å². The summed E-state index contributed by atoms with van der Waals surface area (Å²) in [5.41, 5.74) is 8.60. The van der Waals surface area contributed by atoms with Gasteiger partial charge >= 0.3 is 0 Å². The Balaban J connectivity index is 1.31. The Kier molecular flexibility index (Phi) is 4.63. The second-order valence-corrected chi connectivity index (χ2v) is 12.1. The predicted octanol–water partition coefficient (Wildman–Crippen LogP) is 7.98. The van der Waals surface area contributed by atoms with Gasteiger partial charge in [0.25, 0.3) is 0 Å². The highest BCUT2D eigenvalue weighted by Crippen LogP contribution is 2.61. The van der Waals surface area contributed by atoms with Crippen LogP contribution in [-0.2, 0) is 0 Å². The number of para-hydroxylation sites is 3. The van der Waals surface area contributed by atoms with E-state index in [1.54, 1.807) is 12.4 Å². The summed E-state index contributed by atoms with van der Waals surface area (Å²) < 4.78 is 6.67. The second kappa shape index (κ2) is 8.51. The van der Waals surface area contributed by atoms with Gasteiger partial charge in [-0.1, -0.05) is 73.3 Å². The predicted molar refractivity (Wildman–Crippen MR) is 175 cm³/mol. The van der Waals surface area contributed by atoms with Crippen LogP contribution < -0.4 is 14.7 Å². The zero-order valence-electron chi connectivity index (χ0n) is 24.1. The molecule has 7 heteroatoms. The summed E-state index contributed by atoms with van der Waals surface area (Å²) in [6.07, 6.45) is 7.86. The van der Waals surface area contributed by atoms with E-state index >= 15 is 0 Å². The molecule has 0 radical (unpaired) electrons. The lowest BCUT2D eigenvalue weighted by Gasteiger charge is -2.50. The minimum Gasteiger partial charge on any atom is -0.454 e. The Bertz CT molecular complexity index is 2190. The summed E-state index contributed by atoms with van der Waals surface area (Å²) in [6, 6.07) is 32.1. The molecule has 44 heavy (non-hydrogen) atoms. The van der Waals surface area contributed by atoms with Crippen LogP contribution in [0.3, 0.4) is 0 Å². The first-order valence-corrected chi connectivity index (χ1v) is 15.1. The van der Waals surface area contributed by atoms with E-state index in [-0.39, 0.29) is 24.2 Å². The number of rotatable bonds is 1. The lowest BCUT2D eigenvalue weighted by molar-refractivity contribution is 0.206. The number of allylic oxidation sites excluding steroid dienone is 1. The smallest absolute Gasteiger partial charge is 0.178 e. The van der Waals surface area contributed by atoms with Crippen LogP contribution in [0.4, 0.5) is 28.7 Å². The molecule has 4 aromatic carbocycles. The van der Waals surface area contributed by atoms with Crippen LogP contribution in [0.5, 0.6) is 0 Å². The van der Waals surface area contributed by atoms with E-state index in [2.05, 4.69) is 124 Å². The van der Waals surface area contributed by atoms with Crippen LogP contribution in [-0.4, -0.2) is 34.2 Å². The Hall–Kier alpha value is -5.56. The molecule has 0 amide bonds. The van der Waals surface area contributed by atoms with Gasteiger partial charge in [0, 0.05) is 65.7 Å². The van der Waals surface area contributed by atoms with Crippen molar-refractivity contribution in [1.82, 2.24) is 14.9 Å². The molecule has 10 rings (SSSR count). The molecule has 0 spiro atoms. The summed E-state index contributed by atoms with van der Waals surface area (Å²) in [5, 5.41) is 2.27. The third kappa shape index (κ3) is 2.91. The van der Waals surface area contributed by atoms with Gasteiger partial charge in [-0.25, -0.2) is 9.97 Å². The van der Waals surface area contributed by atoms with E-state index in [0.717, 1.165) is 61.8 Å². The number of nitrogens with zero attached hydrogens (tertiary/aromatic N) is 6. The number of fused-ring (bicyclic) bond motifs is 16. The number of aromatic nitrogens is 2. The quantitative estimate of drug-likeness (QED) is 0.198. The molecule has 7 nitrogen and oxygen atoms in total. The van der Waals surface area contributed by atoms with Crippen molar-refractivity contribution in [2.24, 2.45) is 5.92 Å². The zero-order chi connectivity index (χ0) is 29.1. The van der Waals surface area contributed by atoms with Gasteiger partial charge < -0.3 is 24.0 Å². The Labute approximate surface area is 254 Å². The van der Waals surface area contributed by atoms with Gasteiger partial charge in [0.05, 0.1) is 11.4 Å². The molecule has 0 N–H and O–H groups in total. The van der Waals surface area contributed by atoms with E-state index in [1.165, 1.54) is 5.56 Å². The van der Waals surface area contributed by atoms with Crippen LogP contribution in [0, 0.1) is 5.92 Å². The molecule has 4 aliphatic heterocycles. The van der Waals surface area contributed by atoms with E-state index in [9.17, 15) is 0 Å². The van der Waals surface area contributed by atoms with Gasteiger partial charge in [-0.2, -0.15) is 0 Å². The van der Waals surface area contributed by atoms with Gasteiger partial charge in [0.2, 0.25) is 0 Å². The third-order valence-corrected chi connectivity index (χ3v) is 9.95. The summed E-state index contributed by atoms with van der Waals surface area (Å²) in [5.74, 6) is 1.76. The molecule has 2 aromatic heterocycles. The Morgan fingerprint density at radius 2 is 1.48 bits per heavy atom. The molecular weight excluding hydrogens is 544 g/mol. The fraction of sp³-hybridized carbons (Fsp3) is 0.135. The fourth-order valence-corrected chi connectivity index (χ4v) is 8.26. The number of furan rings is 1. The summed E-state index contributed by atoms with van der Waals surface area (Å²) in [6.45, 7) is 4.87. The Morgan fingerprint density at radius 1 is 0.727 bits per heavy atom. The standard InChI is InChI=1S/C37H28N6O/c1-22-24-12-6-8-14-28(24)43-35-34(38-18-19-39-35)42(23-10-4-3-5-11-23)37(43)31-30(22)27-17-16-26-25-13-7-9-15-29(25)44-33(26)32(27)41-21-20-40(2)36(31)41/h3-21,30-31,36-37H,1H2,2H3. The highest BCUT2D eigenvalue weighted by Gasteiger charge is 2.58. The van der Waals surface area contributed by atoms with Crippen molar-refractivity contribution in [1.29, 1.82) is 0 Å². The lowest BCUT2D eigenvalue weighted by Crippen LogP contribution is -2.58. The molecule has 212 valence electrons. The van der Waals surface area contributed by atoms with Crippen molar-refractivity contribution in [3.05, 3.63) is 133 Å². The van der Waals surface area contributed by atoms with E-state index in [4.69, 9.17) is 21.0 Å². The minimum absolute atomic E-state index is 0.00889. The van der Waals surface area contributed by atoms with Gasteiger partial charge in [-0.05, 0) is 35.4 Å². The highest BCUT2D eigenvalue weighted by molar-refractivity contribution is 6.10. The zero-order valence-corrected chi connectivity index (χ0v) is 24.1. The van der Waals surface area contributed by atoms with E-state index in [0.29, 0.717) is 0 Å². The minimum atomic E-state index is -0.130. The average Bonchev–Trinajstić information content (AvgIpc) is 3.73. The lowest BCUT2D eigenvalue weighted by atomic mass is 9.72. The summed E-state index contributed by atoms with van der Waals surface area (Å²) in [4.78, 5) is 19.5. The van der Waals surface area contributed by atoms with Crippen molar-refractivity contribution in [3.8, 4) is 0 Å². The fourth-order valence-electron chi connectivity index (χ4n) is 8.26. The maximum Gasteiger partial charge on any atom is 0.178 e. The van der Waals surface area contributed by atoms with E-state index < -0.39 is 0 Å². The van der Waals surface area contributed by atoms with Crippen LogP contribution in [0.2, 0.25) is 0 Å². The number of hydrogen-bond donors (Lipinski definition) is 0. The molecule has 6 heterocycles. The Morgan fingerprint density at radius 3 is 2.34 bits per heavy atom. The van der Waals surface area contributed by atoms with Crippen molar-refractivity contribution in [2.75, 3.05) is 21.7 Å². The van der Waals surface area contributed by atoms with Gasteiger partial charge in [-0.15, -0.1) is 0 Å². The molecule has 0 saturated carbocycles. The van der Waals surface area contributed by atoms with Crippen LogP contribution >= 0.6 is 0 Å². The number of benzene rings is 4. The van der Waals surface area contributed by atoms with Crippen molar-refractivity contribution < 1.29 is 4.42 Å². The first-order chi connectivity index (χ1) is 21.7. The van der Waals surface area contributed by atoms with Crippen molar-refractivity contribution in [2.45, 2.75) is 18.2 Å². The van der Waals surface area contributed by atoms with Crippen LogP contribution in [0.25, 0.3) is 27.5 Å².